The van der Waals surface area contributed by atoms with Crippen molar-refractivity contribution in [1.29, 1.82) is 0 Å². The van der Waals surface area contributed by atoms with Crippen molar-refractivity contribution >= 4 is 34.9 Å². The van der Waals surface area contributed by atoms with Crippen molar-refractivity contribution in [2.45, 2.75) is 13.1 Å². The average Bonchev–Trinajstić information content (AvgIpc) is 2.86. The molecule has 37 heavy (non-hydrogen) atoms. The van der Waals surface area contributed by atoms with E-state index in [4.69, 9.17) is 4.74 Å². The highest BCUT2D eigenvalue weighted by Crippen LogP contribution is 2.30. The second-order valence-corrected chi connectivity index (χ2v) is 8.51. The zero-order chi connectivity index (χ0) is 27.0. The Bertz CT molecular complexity index is 1090. The molecule has 9 nitrogen and oxygen atoms in total. The molecular formula is C25H30F3N5O4. The molecule has 12 heteroatoms. The van der Waals surface area contributed by atoms with E-state index in [1.165, 1.54) is 31.1 Å². The average molecular weight is 522 g/mol. The van der Waals surface area contributed by atoms with Gasteiger partial charge in [0.25, 0.3) is 0 Å². The molecule has 2 N–H and O–H groups in total. The van der Waals surface area contributed by atoms with Crippen molar-refractivity contribution in [3.05, 3.63) is 54.1 Å². The second kappa shape index (κ2) is 12.4. The molecule has 2 aromatic rings. The van der Waals surface area contributed by atoms with Crippen LogP contribution in [0.25, 0.3) is 0 Å². The minimum absolute atomic E-state index is 0.0784. The number of benzene rings is 2. The summed E-state index contributed by atoms with van der Waals surface area (Å²) in [7, 11) is 1.52. The maximum atomic E-state index is 12.9. The number of rotatable bonds is 8. The van der Waals surface area contributed by atoms with Gasteiger partial charge in [0.05, 0.1) is 18.7 Å². The molecule has 1 heterocycles. The van der Waals surface area contributed by atoms with Gasteiger partial charge in [0, 0.05) is 63.8 Å². The molecule has 1 aliphatic heterocycles. The fourth-order valence-electron chi connectivity index (χ4n) is 3.82. The van der Waals surface area contributed by atoms with E-state index in [-0.39, 0.29) is 24.0 Å². The van der Waals surface area contributed by atoms with Gasteiger partial charge in [0.2, 0.25) is 11.8 Å². The molecule has 1 aliphatic rings. The van der Waals surface area contributed by atoms with Crippen molar-refractivity contribution in [2.75, 3.05) is 68.5 Å². The highest BCUT2D eigenvalue weighted by atomic mass is 19.4. The predicted octanol–water partition coefficient (Wildman–Crippen LogP) is 3.49. The fraction of sp³-hybridized carbons (Fsp3) is 0.400. The van der Waals surface area contributed by atoms with Crippen LogP contribution in [-0.4, -0.2) is 80.6 Å². The van der Waals surface area contributed by atoms with Crippen molar-refractivity contribution in [2.24, 2.45) is 0 Å². The third kappa shape index (κ3) is 8.10. The van der Waals surface area contributed by atoms with E-state index in [1.807, 2.05) is 12.1 Å². The van der Waals surface area contributed by atoms with Crippen LogP contribution in [0, 0.1) is 0 Å². The van der Waals surface area contributed by atoms with Crippen LogP contribution in [0.5, 0.6) is 0 Å². The lowest BCUT2D eigenvalue weighted by molar-refractivity contribution is -0.137. The zero-order valence-corrected chi connectivity index (χ0v) is 20.7. The molecule has 4 amide bonds. The van der Waals surface area contributed by atoms with Gasteiger partial charge >= 0.3 is 12.2 Å². The minimum Gasteiger partial charge on any atom is -0.383 e. The number of nitrogens with zero attached hydrogens (tertiary/aromatic N) is 3. The maximum Gasteiger partial charge on any atom is 0.416 e. The number of piperazine rings is 1. The summed E-state index contributed by atoms with van der Waals surface area (Å²) in [5, 5.41) is 5.30. The predicted molar refractivity (Wildman–Crippen MR) is 133 cm³/mol. The van der Waals surface area contributed by atoms with Crippen LogP contribution in [0.3, 0.4) is 0 Å². The van der Waals surface area contributed by atoms with Gasteiger partial charge in [0.1, 0.15) is 0 Å². The van der Waals surface area contributed by atoms with Gasteiger partial charge < -0.3 is 30.1 Å². The summed E-state index contributed by atoms with van der Waals surface area (Å²) in [4.78, 5) is 41.6. The number of methoxy groups -OCH3 is 1. The van der Waals surface area contributed by atoms with Crippen LogP contribution < -0.4 is 15.5 Å². The van der Waals surface area contributed by atoms with E-state index < -0.39 is 17.8 Å². The van der Waals surface area contributed by atoms with Crippen molar-refractivity contribution < 1.29 is 32.3 Å². The molecule has 0 radical (unpaired) electrons. The number of alkyl halides is 3. The summed E-state index contributed by atoms with van der Waals surface area (Å²) in [5.41, 5.74) is 0.756. The minimum atomic E-state index is -4.48. The first-order valence-electron chi connectivity index (χ1n) is 11.7. The number of hydrogen-bond donors (Lipinski definition) is 2. The van der Waals surface area contributed by atoms with Gasteiger partial charge in [-0.15, -0.1) is 0 Å². The largest absolute Gasteiger partial charge is 0.416 e. The number of anilines is 3. The lowest BCUT2D eigenvalue weighted by Crippen LogP contribution is -2.50. The zero-order valence-electron chi connectivity index (χ0n) is 20.7. The normalized spacial score (nSPS) is 13.8. The number of hydrogen-bond acceptors (Lipinski definition) is 5. The van der Waals surface area contributed by atoms with Gasteiger partial charge in [-0.25, -0.2) is 4.79 Å². The quantitative estimate of drug-likeness (QED) is 0.555. The lowest BCUT2D eigenvalue weighted by atomic mass is 10.2. The van der Waals surface area contributed by atoms with Crippen molar-refractivity contribution in [1.82, 2.24) is 9.80 Å². The Kier molecular flexibility index (Phi) is 9.34. The molecule has 0 aromatic heterocycles. The van der Waals surface area contributed by atoms with Gasteiger partial charge in [-0.05, 0) is 42.5 Å². The Morgan fingerprint density at radius 3 is 2.24 bits per heavy atom. The van der Waals surface area contributed by atoms with Gasteiger partial charge in [-0.2, -0.15) is 13.2 Å². The highest BCUT2D eigenvalue weighted by Gasteiger charge is 2.30. The van der Waals surface area contributed by atoms with Gasteiger partial charge in [-0.1, -0.05) is 6.07 Å². The Morgan fingerprint density at radius 1 is 0.973 bits per heavy atom. The first kappa shape index (κ1) is 27.8. The van der Waals surface area contributed by atoms with Crippen molar-refractivity contribution in [3.8, 4) is 0 Å². The van der Waals surface area contributed by atoms with Gasteiger partial charge in [0.15, 0.2) is 0 Å². The Labute approximate surface area is 213 Å². The Morgan fingerprint density at radius 2 is 1.65 bits per heavy atom. The molecule has 1 fully saturated rings. The van der Waals surface area contributed by atoms with Crippen LogP contribution in [0.15, 0.2) is 48.5 Å². The molecule has 1 saturated heterocycles. The van der Waals surface area contributed by atoms with Crippen LogP contribution in [0.4, 0.5) is 35.0 Å². The van der Waals surface area contributed by atoms with E-state index in [0.29, 0.717) is 45.0 Å². The summed E-state index contributed by atoms with van der Waals surface area (Å²) >= 11 is 0. The van der Waals surface area contributed by atoms with Crippen molar-refractivity contribution in [3.63, 3.8) is 0 Å². The molecule has 200 valence electrons. The number of urea groups is 1. The summed E-state index contributed by atoms with van der Waals surface area (Å²) in [6.07, 6.45) is -4.48. The summed E-state index contributed by atoms with van der Waals surface area (Å²) < 4.78 is 43.7. The van der Waals surface area contributed by atoms with E-state index >= 15 is 0 Å². The molecule has 0 spiro atoms. The standard InChI is InChI=1S/C25H30F3N5O4/c1-18(34)33(14-15-37-2)17-23(35)29-20-6-8-22(9-7-20)31-10-12-32(13-11-31)24(36)30-21-5-3-4-19(16-21)25(26,27)28/h3-9,16H,10-15,17H2,1-2H3,(H,29,35)(H,30,36). The highest BCUT2D eigenvalue weighted by molar-refractivity contribution is 5.94. The molecule has 0 bridgehead atoms. The second-order valence-electron chi connectivity index (χ2n) is 8.51. The number of halogens is 3. The van der Waals surface area contributed by atoms with E-state index in [9.17, 15) is 27.6 Å². The molecule has 0 unspecified atom stereocenters. The van der Waals surface area contributed by atoms with Crippen LogP contribution in [0.1, 0.15) is 12.5 Å². The number of carbonyl (C=O) groups excluding carboxylic acids is 3. The SMILES string of the molecule is COCCN(CC(=O)Nc1ccc(N2CCN(C(=O)Nc3cccc(C(F)(F)F)c3)CC2)cc1)C(C)=O. The molecule has 0 atom stereocenters. The smallest absolute Gasteiger partial charge is 0.383 e. The Balaban J connectivity index is 1.49. The van der Waals surface area contributed by atoms with E-state index in [1.54, 1.807) is 17.0 Å². The maximum absolute atomic E-state index is 12.9. The fourth-order valence-corrected chi connectivity index (χ4v) is 3.82. The Hall–Kier alpha value is -3.80. The number of carbonyl (C=O) groups is 3. The molecular weight excluding hydrogens is 491 g/mol. The summed E-state index contributed by atoms with van der Waals surface area (Å²) in [6, 6.07) is 11.3. The third-order valence-corrected chi connectivity index (χ3v) is 5.87. The van der Waals surface area contributed by atoms with Crippen LogP contribution >= 0.6 is 0 Å². The molecule has 0 aliphatic carbocycles. The first-order chi connectivity index (χ1) is 17.6. The summed E-state index contributed by atoms with van der Waals surface area (Å²) in [6.45, 7) is 3.84. The molecule has 2 aromatic carbocycles. The van der Waals surface area contributed by atoms with E-state index in [2.05, 4.69) is 15.5 Å². The molecule has 0 saturated carbocycles. The van der Waals surface area contributed by atoms with Crippen LogP contribution in [-0.2, 0) is 20.5 Å². The first-order valence-corrected chi connectivity index (χ1v) is 11.7. The van der Waals surface area contributed by atoms with E-state index in [0.717, 1.165) is 17.8 Å². The number of nitrogens with one attached hydrogen (secondary N) is 2. The van der Waals surface area contributed by atoms with Crippen LogP contribution in [0.2, 0.25) is 0 Å². The molecule has 3 rings (SSSR count). The summed E-state index contributed by atoms with van der Waals surface area (Å²) in [5.74, 6) is -0.537. The monoisotopic (exact) mass is 521 g/mol. The third-order valence-electron chi connectivity index (χ3n) is 5.87. The topological polar surface area (TPSA) is 94.2 Å². The lowest BCUT2D eigenvalue weighted by Gasteiger charge is -2.36. The number of ether oxygens (including phenoxy) is 1. The van der Waals surface area contributed by atoms with Gasteiger partial charge in [-0.3, -0.25) is 9.59 Å². The number of amides is 4.